The number of hydrogen-bond donors (Lipinski definition) is 0. The molecule has 0 aliphatic carbocycles. The second kappa shape index (κ2) is 8.75. The minimum atomic E-state index is -9.74. The molecule has 204 valence electrons. The predicted molar refractivity (Wildman–Crippen MR) is 137 cm³/mol. The molecule has 1 saturated heterocycles. The normalized spacial score (nSPS) is 21.0. The van der Waals surface area contributed by atoms with Gasteiger partial charge in [-0.15, -0.1) is 0 Å². The molecule has 1 atom stereocenters. The van der Waals surface area contributed by atoms with Gasteiger partial charge in [0, 0.05) is 19.2 Å². The predicted octanol–water partition coefficient (Wildman–Crippen LogP) is 7.80. The number of oxime groups is 1. The van der Waals surface area contributed by atoms with Crippen molar-refractivity contribution in [3.8, 4) is 11.4 Å². The largest absolute Gasteiger partial charge is 0.495 e. The first kappa shape index (κ1) is 26.1. The van der Waals surface area contributed by atoms with Crippen LogP contribution in [-0.4, -0.2) is 40.5 Å². The number of methoxy groups -OCH3 is 1. The number of imidazole rings is 1. The molecule has 0 amide bonds. The Morgan fingerprint density at radius 2 is 1.84 bits per heavy atom. The van der Waals surface area contributed by atoms with Gasteiger partial charge in [0.25, 0.3) is 0 Å². The van der Waals surface area contributed by atoms with E-state index in [1.165, 1.54) is 0 Å². The van der Waals surface area contributed by atoms with E-state index in [4.69, 9.17) is 9.57 Å². The molecule has 2 aliphatic rings. The highest BCUT2D eigenvalue weighted by Crippen LogP contribution is 3.02. The first-order valence-electron chi connectivity index (χ1n) is 12.0. The molecular formula is C26H27F5N4O2S. The Morgan fingerprint density at radius 1 is 1.08 bits per heavy atom. The van der Waals surface area contributed by atoms with E-state index >= 15 is 0 Å². The van der Waals surface area contributed by atoms with Crippen LogP contribution in [0.25, 0.3) is 11.8 Å². The lowest BCUT2D eigenvalue weighted by molar-refractivity contribution is 0.140. The summed E-state index contributed by atoms with van der Waals surface area (Å²) in [6.07, 6.45) is 7.55. The molecule has 6 nitrogen and oxygen atoms in total. The molecule has 1 aromatic heterocycles. The fourth-order valence-electron chi connectivity index (χ4n) is 4.87. The molecule has 2 aliphatic heterocycles. The SMILES string of the molecule is COc1cc(/C=C2\CCCN3C2=NOCCC3c2ccc(S(F)(F)(F)(F)F)cc2)ccc1-n1cnc(C)c1. The Morgan fingerprint density at radius 3 is 2.50 bits per heavy atom. The van der Waals surface area contributed by atoms with Crippen molar-refractivity contribution in [2.75, 3.05) is 20.3 Å². The number of fused-ring (bicyclic) bond motifs is 1. The van der Waals surface area contributed by atoms with Crippen molar-refractivity contribution in [3.63, 3.8) is 0 Å². The Kier molecular flexibility index (Phi) is 6.01. The van der Waals surface area contributed by atoms with E-state index < -0.39 is 15.1 Å². The van der Waals surface area contributed by atoms with E-state index in [2.05, 4.69) is 10.1 Å². The van der Waals surface area contributed by atoms with Gasteiger partial charge >= 0.3 is 10.2 Å². The van der Waals surface area contributed by atoms with E-state index in [0.29, 0.717) is 42.2 Å². The second-order valence-electron chi connectivity index (χ2n) is 9.41. The van der Waals surface area contributed by atoms with Crippen molar-refractivity contribution in [2.45, 2.75) is 37.1 Å². The maximum absolute atomic E-state index is 13.2. The quantitative estimate of drug-likeness (QED) is 0.302. The highest BCUT2D eigenvalue weighted by molar-refractivity contribution is 8.45. The third-order valence-corrected chi connectivity index (χ3v) is 7.82. The number of halogens is 5. The Balaban J connectivity index is 1.45. The van der Waals surface area contributed by atoms with Crippen molar-refractivity contribution in [3.05, 3.63) is 77.4 Å². The first-order chi connectivity index (χ1) is 17.8. The van der Waals surface area contributed by atoms with Crippen LogP contribution in [0.3, 0.4) is 0 Å². The fraction of sp³-hybridized carbons (Fsp3) is 0.308. The molecular weight excluding hydrogens is 527 g/mol. The number of ether oxygens (including phenoxy) is 1. The lowest BCUT2D eigenvalue weighted by Gasteiger charge is -2.41. The van der Waals surface area contributed by atoms with Crippen molar-refractivity contribution in [2.24, 2.45) is 5.16 Å². The lowest BCUT2D eigenvalue weighted by Crippen LogP contribution is -2.39. The minimum absolute atomic E-state index is 0.244. The second-order valence-corrected chi connectivity index (χ2v) is 11.8. The minimum Gasteiger partial charge on any atom is -0.495 e. The molecule has 3 aromatic rings. The maximum atomic E-state index is 13.2. The molecule has 0 N–H and O–H groups in total. The number of hydrogen-bond acceptors (Lipinski definition) is 5. The molecule has 0 radical (unpaired) electrons. The zero-order valence-electron chi connectivity index (χ0n) is 20.8. The van der Waals surface area contributed by atoms with E-state index in [-0.39, 0.29) is 12.6 Å². The Labute approximate surface area is 217 Å². The number of nitrogens with zero attached hydrogens (tertiary/aromatic N) is 4. The summed E-state index contributed by atoms with van der Waals surface area (Å²) in [4.78, 5) is 9.85. The summed E-state index contributed by atoms with van der Waals surface area (Å²) in [7, 11) is -8.14. The van der Waals surface area contributed by atoms with E-state index in [9.17, 15) is 19.4 Å². The third-order valence-electron chi connectivity index (χ3n) is 6.66. The van der Waals surface area contributed by atoms with Crippen LogP contribution in [0.1, 0.15) is 42.1 Å². The molecule has 0 spiro atoms. The van der Waals surface area contributed by atoms with E-state index in [1.54, 1.807) is 13.4 Å². The number of aromatic nitrogens is 2. The van der Waals surface area contributed by atoms with Gasteiger partial charge in [-0.25, -0.2) is 4.98 Å². The first-order valence-corrected chi connectivity index (χ1v) is 14.0. The van der Waals surface area contributed by atoms with Crippen LogP contribution >= 0.6 is 10.2 Å². The van der Waals surface area contributed by atoms with Crippen LogP contribution in [0.2, 0.25) is 0 Å². The average Bonchev–Trinajstić information content (AvgIpc) is 3.17. The van der Waals surface area contributed by atoms with Gasteiger partial charge in [0.1, 0.15) is 17.3 Å². The molecule has 1 fully saturated rings. The standard InChI is InChI=1S/C26H27F5N4O2S/c1-18-16-34(17-32-18)24-10-5-19(15-25(24)36-2)14-21-4-3-12-35-23(11-13-37-33-26(21)35)20-6-8-22(9-7-20)38(27,28,29,30)31/h5-10,14-17,23H,3-4,11-13H2,1-2H3/b21-14+. The highest BCUT2D eigenvalue weighted by Gasteiger charge is 2.65. The maximum Gasteiger partial charge on any atom is 0.310 e. The summed E-state index contributed by atoms with van der Waals surface area (Å²) < 4.78 is 73.6. The van der Waals surface area contributed by atoms with Gasteiger partial charge in [-0.2, -0.15) is 0 Å². The number of rotatable bonds is 5. The fourth-order valence-corrected chi connectivity index (χ4v) is 5.52. The van der Waals surface area contributed by atoms with E-state index in [0.717, 1.165) is 47.5 Å². The molecule has 3 heterocycles. The van der Waals surface area contributed by atoms with Crippen LogP contribution in [0, 0.1) is 6.92 Å². The van der Waals surface area contributed by atoms with Gasteiger partial charge in [-0.3, -0.25) is 0 Å². The topological polar surface area (TPSA) is 51.9 Å². The Hall–Kier alpha value is -3.54. The van der Waals surface area contributed by atoms with Gasteiger partial charge in [0.15, 0.2) is 5.84 Å². The summed E-state index contributed by atoms with van der Waals surface area (Å²) in [5.41, 5.74) is 4.00. The van der Waals surface area contributed by atoms with Gasteiger partial charge in [-0.05, 0) is 66.8 Å². The summed E-state index contributed by atoms with van der Waals surface area (Å²) in [5, 5.41) is 4.32. The number of amidine groups is 1. The summed E-state index contributed by atoms with van der Waals surface area (Å²) in [5.74, 6) is 1.24. The van der Waals surface area contributed by atoms with Crippen molar-refractivity contribution in [1.29, 1.82) is 0 Å². The third kappa shape index (κ3) is 5.35. The Bertz CT molecular complexity index is 1420. The molecule has 1 unspecified atom stereocenters. The summed E-state index contributed by atoms with van der Waals surface area (Å²) in [6.45, 7) is 2.75. The molecule has 2 aromatic carbocycles. The zero-order chi connectivity index (χ0) is 27.2. The van der Waals surface area contributed by atoms with Crippen molar-refractivity contribution < 1.29 is 29.0 Å². The molecule has 12 heteroatoms. The van der Waals surface area contributed by atoms with Gasteiger partial charge in [0.05, 0.1) is 30.9 Å². The molecule has 0 saturated carbocycles. The number of benzene rings is 2. The van der Waals surface area contributed by atoms with Crippen LogP contribution in [0.4, 0.5) is 19.4 Å². The zero-order valence-corrected chi connectivity index (χ0v) is 21.6. The van der Waals surface area contributed by atoms with Gasteiger partial charge in [0.2, 0.25) is 0 Å². The number of aryl methyl sites for hydroxylation is 1. The smallest absolute Gasteiger partial charge is 0.310 e. The highest BCUT2D eigenvalue weighted by atomic mass is 32.5. The molecule has 5 rings (SSSR count). The van der Waals surface area contributed by atoms with E-state index in [1.807, 2.05) is 46.9 Å². The van der Waals surface area contributed by atoms with Gasteiger partial charge < -0.3 is 19.0 Å². The summed E-state index contributed by atoms with van der Waals surface area (Å²) >= 11 is 0. The molecule has 38 heavy (non-hydrogen) atoms. The molecule has 0 bridgehead atoms. The van der Waals surface area contributed by atoms with Crippen LogP contribution < -0.4 is 4.74 Å². The van der Waals surface area contributed by atoms with Gasteiger partial charge in [-0.1, -0.05) is 42.8 Å². The lowest BCUT2D eigenvalue weighted by atomic mass is 9.95. The van der Waals surface area contributed by atoms with Crippen molar-refractivity contribution in [1.82, 2.24) is 14.5 Å². The monoisotopic (exact) mass is 554 g/mol. The van der Waals surface area contributed by atoms with Crippen LogP contribution in [-0.2, 0) is 4.84 Å². The summed E-state index contributed by atoms with van der Waals surface area (Å²) in [6, 6.07) is 8.61. The van der Waals surface area contributed by atoms with Crippen LogP contribution in [0.5, 0.6) is 5.75 Å². The number of piperidine rings is 1. The average molecular weight is 555 g/mol. The van der Waals surface area contributed by atoms with Crippen molar-refractivity contribution >= 4 is 22.1 Å². The van der Waals surface area contributed by atoms with Crippen LogP contribution in [0.15, 0.2) is 70.6 Å².